The number of hydrogen-bond acceptors (Lipinski definition) is 6. The van der Waals surface area contributed by atoms with Gasteiger partial charge in [-0.2, -0.15) is 0 Å². The summed E-state index contributed by atoms with van der Waals surface area (Å²) in [4.78, 5) is 32.1. The van der Waals surface area contributed by atoms with Crippen LogP contribution in [0.25, 0.3) is 6.08 Å². The molecular formula is C29H27BrN2O4S. The lowest BCUT2D eigenvalue weighted by molar-refractivity contribution is -0.139. The third-order valence-electron chi connectivity index (χ3n) is 6.01. The van der Waals surface area contributed by atoms with E-state index in [9.17, 15) is 9.59 Å². The molecule has 0 fully saturated rings. The summed E-state index contributed by atoms with van der Waals surface area (Å²) >= 11 is 4.75. The van der Waals surface area contributed by atoms with E-state index in [0.29, 0.717) is 37.8 Å². The zero-order valence-corrected chi connectivity index (χ0v) is 23.5. The second kappa shape index (κ2) is 11.3. The van der Waals surface area contributed by atoms with Gasteiger partial charge in [0.1, 0.15) is 12.4 Å². The number of carbonyl (C=O) groups excluding carboxylic acids is 1. The molecule has 3 aromatic rings. The van der Waals surface area contributed by atoms with Crippen LogP contribution in [0.5, 0.6) is 5.75 Å². The summed E-state index contributed by atoms with van der Waals surface area (Å²) in [5.41, 5.74) is 3.33. The van der Waals surface area contributed by atoms with Gasteiger partial charge >= 0.3 is 5.97 Å². The fraction of sp³-hybridized carbons (Fsp3) is 0.276. The number of halogens is 1. The second-order valence-electron chi connectivity index (χ2n) is 8.80. The van der Waals surface area contributed by atoms with E-state index in [1.807, 2.05) is 36.4 Å². The third kappa shape index (κ3) is 5.48. The Morgan fingerprint density at radius 2 is 2.00 bits per heavy atom. The van der Waals surface area contributed by atoms with E-state index >= 15 is 0 Å². The highest BCUT2D eigenvalue weighted by molar-refractivity contribution is 9.10. The Bertz CT molecular complexity index is 1590. The molecule has 0 spiro atoms. The first-order valence-corrected chi connectivity index (χ1v) is 13.5. The van der Waals surface area contributed by atoms with Crippen LogP contribution >= 0.6 is 27.3 Å². The summed E-state index contributed by atoms with van der Waals surface area (Å²) in [6, 6.07) is 12.9. The molecule has 0 aliphatic carbocycles. The van der Waals surface area contributed by atoms with Crippen LogP contribution < -0.4 is 19.6 Å². The van der Waals surface area contributed by atoms with Gasteiger partial charge in [-0.25, -0.2) is 9.79 Å². The summed E-state index contributed by atoms with van der Waals surface area (Å²) in [5.74, 6) is 2.91. The molecule has 0 N–H and O–H groups in total. The van der Waals surface area contributed by atoms with Gasteiger partial charge in [-0.05, 0) is 55.2 Å². The van der Waals surface area contributed by atoms with Gasteiger partial charge in [0.05, 0.1) is 28.5 Å². The molecule has 1 unspecified atom stereocenters. The third-order valence-corrected chi connectivity index (χ3v) is 7.48. The van der Waals surface area contributed by atoms with Crippen molar-refractivity contribution in [1.82, 2.24) is 4.57 Å². The minimum Gasteiger partial charge on any atom is -0.480 e. The minimum atomic E-state index is -0.654. The van der Waals surface area contributed by atoms with Crippen LogP contribution in [0.3, 0.4) is 0 Å². The highest BCUT2D eigenvalue weighted by atomic mass is 79.9. The van der Waals surface area contributed by atoms with Gasteiger partial charge in [0.25, 0.3) is 5.56 Å². The summed E-state index contributed by atoms with van der Waals surface area (Å²) in [7, 11) is 0. The molecule has 6 nitrogen and oxygen atoms in total. The molecule has 1 aliphatic rings. The Labute approximate surface area is 228 Å². The quantitative estimate of drug-likeness (QED) is 0.301. The predicted molar refractivity (Wildman–Crippen MR) is 149 cm³/mol. The van der Waals surface area contributed by atoms with Crippen molar-refractivity contribution >= 4 is 39.3 Å². The van der Waals surface area contributed by atoms with E-state index in [4.69, 9.17) is 15.9 Å². The molecule has 1 aliphatic heterocycles. The van der Waals surface area contributed by atoms with Gasteiger partial charge < -0.3 is 9.47 Å². The number of benzene rings is 2. The average molecular weight is 580 g/mol. The van der Waals surface area contributed by atoms with E-state index in [0.717, 1.165) is 10.0 Å². The Morgan fingerprint density at radius 1 is 1.27 bits per heavy atom. The lowest BCUT2D eigenvalue weighted by atomic mass is 9.93. The fourth-order valence-corrected chi connectivity index (χ4v) is 5.61. The highest BCUT2D eigenvalue weighted by Gasteiger charge is 2.33. The zero-order valence-electron chi connectivity index (χ0n) is 21.1. The Morgan fingerprint density at radius 3 is 2.65 bits per heavy atom. The monoisotopic (exact) mass is 578 g/mol. The number of thiazole rings is 1. The van der Waals surface area contributed by atoms with E-state index in [2.05, 4.69) is 40.7 Å². The first-order chi connectivity index (χ1) is 17.7. The molecule has 1 atom stereocenters. The Balaban J connectivity index is 1.93. The first-order valence-electron chi connectivity index (χ1n) is 11.9. The maximum absolute atomic E-state index is 13.8. The molecule has 0 amide bonds. The minimum absolute atomic E-state index is 0.109. The van der Waals surface area contributed by atoms with E-state index in [1.54, 1.807) is 30.6 Å². The predicted octanol–water partition coefficient (Wildman–Crippen LogP) is 4.70. The fourth-order valence-electron chi connectivity index (χ4n) is 4.19. The molecule has 1 aromatic heterocycles. The number of nitrogens with zero attached hydrogens (tertiary/aromatic N) is 2. The maximum Gasteiger partial charge on any atom is 0.338 e. The number of hydrogen-bond donors (Lipinski definition) is 0. The van der Waals surface area contributed by atoms with E-state index in [1.165, 1.54) is 16.9 Å². The van der Waals surface area contributed by atoms with Gasteiger partial charge in [-0.15, -0.1) is 6.42 Å². The largest absolute Gasteiger partial charge is 0.480 e. The number of fused-ring (bicyclic) bond motifs is 1. The van der Waals surface area contributed by atoms with Crippen molar-refractivity contribution < 1.29 is 14.3 Å². The van der Waals surface area contributed by atoms with Crippen LogP contribution in [0, 0.1) is 12.3 Å². The van der Waals surface area contributed by atoms with E-state index in [-0.39, 0.29) is 18.8 Å². The van der Waals surface area contributed by atoms with Crippen molar-refractivity contribution in [2.75, 3.05) is 13.2 Å². The molecule has 190 valence electrons. The molecule has 2 aromatic carbocycles. The summed E-state index contributed by atoms with van der Waals surface area (Å²) in [6.45, 7) is 8.11. The number of allylic oxidation sites excluding steroid dienone is 1. The van der Waals surface area contributed by atoms with Crippen molar-refractivity contribution in [2.24, 2.45) is 4.99 Å². The SMILES string of the molecule is C#CCOc1ccc(Br)cc1C=c1sc2n(c1=O)C(c1ccc(C(C)C)cc1)C(C(=O)OCC)=C(C)N=2. The van der Waals surface area contributed by atoms with Crippen molar-refractivity contribution in [1.29, 1.82) is 0 Å². The van der Waals surface area contributed by atoms with Gasteiger partial charge in [-0.3, -0.25) is 9.36 Å². The average Bonchev–Trinajstić information content (AvgIpc) is 3.17. The smallest absolute Gasteiger partial charge is 0.338 e. The number of rotatable bonds is 7. The highest BCUT2D eigenvalue weighted by Crippen LogP contribution is 2.31. The number of carbonyl (C=O) groups is 1. The molecule has 0 radical (unpaired) electrons. The van der Waals surface area contributed by atoms with Crippen LogP contribution in [0.1, 0.15) is 56.3 Å². The van der Waals surface area contributed by atoms with Gasteiger partial charge in [0, 0.05) is 10.0 Å². The maximum atomic E-state index is 13.8. The topological polar surface area (TPSA) is 69.9 Å². The first kappa shape index (κ1) is 26.6. The van der Waals surface area contributed by atoms with Gasteiger partial charge in [-0.1, -0.05) is 71.3 Å². The zero-order chi connectivity index (χ0) is 26.7. The number of aromatic nitrogens is 1. The standard InChI is InChI=1S/C29H27BrN2O4S/c1-6-14-36-23-13-12-22(30)15-21(23)16-24-27(33)32-26(20-10-8-19(9-11-20)17(3)4)25(28(34)35-7-2)18(5)31-29(32)37-24/h1,8-13,15-17,26H,7,14H2,2-5H3. The normalized spacial score (nSPS) is 15.3. The summed E-state index contributed by atoms with van der Waals surface area (Å²) in [6.07, 6.45) is 7.13. The molecule has 2 heterocycles. The van der Waals surface area contributed by atoms with Gasteiger partial charge in [0.15, 0.2) is 4.80 Å². The molecule has 0 saturated carbocycles. The van der Waals surface area contributed by atoms with Crippen LogP contribution in [0.15, 0.2) is 68.0 Å². The van der Waals surface area contributed by atoms with Crippen LogP contribution in [-0.2, 0) is 9.53 Å². The molecule has 0 bridgehead atoms. The van der Waals surface area contributed by atoms with E-state index < -0.39 is 12.0 Å². The Kier molecular flexibility index (Phi) is 8.16. The second-order valence-corrected chi connectivity index (χ2v) is 10.7. The van der Waals surface area contributed by atoms with Crippen molar-refractivity contribution in [3.8, 4) is 18.1 Å². The number of terminal acetylenes is 1. The number of esters is 1. The van der Waals surface area contributed by atoms with Crippen molar-refractivity contribution in [2.45, 2.75) is 39.7 Å². The molecular weight excluding hydrogens is 552 g/mol. The molecule has 0 saturated heterocycles. The lowest BCUT2D eigenvalue weighted by Gasteiger charge is -2.25. The van der Waals surface area contributed by atoms with Crippen molar-refractivity contribution in [3.63, 3.8) is 0 Å². The van der Waals surface area contributed by atoms with Crippen LogP contribution in [-0.4, -0.2) is 23.8 Å². The van der Waals surface area contributed by atoms with Crippen LogP contribution in [0.2, 0.25) is 0 Å². The number of ether oxygens (including phenoxy) is 2. The summed E-state index contributed by atoms with van der Waals surface area (Å²) < 4.78 is 13.9. The summed E-state index contributed by atoms with van der Waals surface area (Å²) in [5, 5.41) is 0. The molecule has 8 heteroatoms. The van der Waals surface area contributed by atoms with Crippen molar-refractivity contribution in [3.05, 3.63) is 94.6 Å². The lowest BCUT2D eigenvalue weighted by Crippen LogP contribution is -2.39. The van der Waals surface area contributed by atoms with Gasteiger partial charge in [0.2, 0.25) is 0 Å². The molecule has 37 heavy (non-hydrogen) atoms. The Hall–Kier alpha value is -3.41. The molecule has 4 rings (SSSR count). The van der Waals surface area contributed by atoms with Crippen LogP contribution in [0.4, 0.5) is 0 Å².